The quantitative estimate of drug-likeness (QED) is 0.347. The van der Waals surface area contributed by atoms with Crippen molar-refractivity contribution in [2.24, 2.45) is 0 Å². The molecule has 0 saturated heterocycles. The van der Waals surface area contributed by atoms with Crippen molar-refractivity contribution in [2.75, 3.05) is 54.6 Å². The summed E-state index contributed by atoms with van der Waals surface area (Å²) in [5.41, 5.74) is 0.855. The molecule has 3 aromatic rings. The number of sulfonamides is 2. The lowest BCUT2D eigenvalue weighted by Crippen LogP contribution is -2.38. The van der Waals surface area contributed by atoms with Crippen molar-refractivity contribution in [3.05, 3.63) is 66.7 Å². The molecule has 13 heteroatoms. The van der Waals surface area contributed by atoms with Crippen LogP contribution in [-0.2, 0) is 24.8 Å². The Hall–Kier alpha value is -3.97. The fourth-order valence-corrected chi connectivity index (χ4v) is 5.53. The van der Waals surface area contributed by atoms with Gasteiger partial charge >= 0.3 is 0 Å². The van der Waals surface area contributed by atoms with E-state index in [2.05, 4.69) is 5.32 Å². The number of nitrogens with zero attached hydrogens (tertiary/aromatic N) is 2. The molecule has 0 heterocycles. The van der Waals surface area contributed by atoms with Crippen molar-refractivity contribution in [1.82, 2.24) is 0 Å². The molecule has 3 aromatic carbocycles. The second-order valence-electron chi connectivity index (χ2n) is 8.28. The van der Waals surface area contributed by atoms with Gasteiger partial charge < -0.3 is 19.5 Å². The Morgan fingerprint density at radius 3 is 2.13 bits per heavy atom. The van der Waals surface area contributed by atoms with Crippen molar-refractivity contribution in [1.29, 1.82) is 0 Å². The molecule has 11 nitrogen and oxygen atoms in total. The standard InChI is InChI=1S/C26H31N3O8S2/c1-6-37-22-12-10-20(11-13-22)29(39(33,34)23-14-15-24(35-3)25(17-23)36-4)18-26(30)27-19-8-7-9-21(16-19)28(2)38(5,31)32/h7-17H,6,18H2,1-5H3,(H,27,30). The van der Waals surface area contributed by atoms with Crippen molar-refractivity contribution in [2.45, 2.75) is 11.8 Å². The van der Waals surface area contributed by atoms with Gasteiger partial charge in [0.2, 0.25) is 15.9 Å². The van der Waals surface area contributed by atoms with Gasteiger partial charge in [0.05, 0.1) is 43.4 Å². The first-order valence-electron chi connectivity index (χ1n) is 11.7. The largest absolute Gasteiger partial charge is 0.494 e. The van der Waals surface area contributed by atoms with Crippen LogP contribution in [0.2, 0.25) is 0 Å². The van der Waals surface area contributed by atoms with Crippen molar-refractivity contribution >= 4 is 43.0 Å². The average molecular weight is 578 g/mol. The van der Waals surface area contributed by atoms with Crippen LogP contribution in [0.5, 0.6) is 17.2 Å². The van der Waals surface area contributed by atoms with Gasteiger partial charge in [0.25, 0.3) is 10.0 Å². The van der Waals surface area contributed by atoms with Gasteiger partial charge in [-0.05, 0) is 61.5 Å². The Bertz CT molecular complexity index is 1530. The van der Waals surface area contributed by atoms with E-state index < -0.39 is 32.5 Å². The third kappa shape index (κ3) is 7.12. The molecule has 1 N–H and O–H groups in total. The van der Waals surface area contributed by atoms with Gasteiger partial charge in [-0.15, -0.1) is 0 Å². The van der Waals surface area contributed by atoms with E-state index in [0.717, 1.165) is 14.9 Å². The molecule has 3 rings (SSSR count). The minimum Gasteiger partial charge on any atom is -0.494 e. The smallest absolute Gasteiger partial charge is 0.264 e. The summed E-state index contributed by atoms with van der Waals surface area (Å²) in [4.78, 5) is 13.0. The van der Waals surface area contributed by atoms with Gasteiger partial charge in [0, 0.05) is 18.8 Å². The van der Waals surface area contributed by atoms with Gasteiger partial charge in [0.15, 0.2) is 11.5 Å². The van der Waals surface area contributed by atoms with Crippen LogP contribution in [0.4, 0.5) is 17.1 Å². The molecule has 0 fully saturated rings. The maximum absolute atomic E-state index is 13.8. The topological polar surface area (TPSA) is 132 Å². The van der Waals surface area contributed by atoms with Crippen LogP contribution in [-0.4, -0.2) is 63.4 Å². The zero-order valence-electron chi connectivity index (χ0n) is 22.2. The summed E-state index contributed by atoms with van der Waals surface area (Å²) in [6.07, 6.45) is 1.06. The van der Waals surface area contributed by atoms with Crippen molar-refractivity contribution in [3.8, 4) is 17.2 Å². The summed E-state index contributed by atoms with van der Waals surface area (Å²) in [6.45, 7) is 1.69. The van der Waals surface area contributed by atoms with Gasteiger partial charge in [-0.3, -0.25) is 13.4 Å². The maximum atomic E-state index is 13.8. The molecule has 0 radical (unpaired) electrons. The van der Waals surface area contributed by atoms with Crippen LogP contribution >= 0.6 is 0 Å². The number of ether oxygens (including phenoxy) is 3. The first-order chi connectivity index (χ1) is 18.4. The predicted octanol–water partition coefficient (Wildman–Crippen LogP) is 3.33. The fraction of sp³-hybridized carbons (Fsp3) is 0.269. The Morgan fingerprint density at radius 1 is 0.872 bits per heavy atom. The molecule has 0 aromatic heterocycles. The molecule has 0 spiro atoms. The number of methoxy groups -OCH3 is 2. The molecular formula is C26H31N3O8S2. The number of hydrogen-bond donors (Lipinski definition) is 1. The van der Waals surface area contributed by atoms with E-state index in [0.29, 0.717) is 29.5 Å². The molecule has 39 heavy (non-hydrogen) atoms. The van der Waals surface area contributed by atoms with Gasteiger partial charge in [-0.1, -0.05) is 6.07 Å². The Labute approximate surface area is 229 Å². The summed E-state index contributed by atoms with van der Waals surface area (Å²) in [7, 11) is -3.56. The highest BCUT2D eigenvalue weighted by molar-refractivity contribution is 7.93. The molecule has 0 atom stereocenters. The first-order valence-corrected chi connectivity index (χ1v) is 15.0. The summed E-state index contributed by atoms with van der Waals surface area (Å²) < 4.78 is 69.4. The lowest BCUT2D eigenvalue weighted by molar-refractivity contribution is -0.114. The summed E-state index contributed by atoms with van der Waals surface area (Å²) in [5, 5.41) is 2.65. The number of benzene rings is 3. The summed E-state index contributed by atoms with van der Waals surface area (Å²) in [5.74, 6) is 0.454. The molecule has 0 saturated carbocycles. The van der Waals surface area contributed by atoms with Crippen LogP contribution in [0, 0.1) is 0 Å². The Morgan fingerprint density at radius 2 is 1.54 bits per heavy atom. The molecule has 0 unspecified atom stereocenters. The lowest BCUT2D eigenvalue weighted by Gasteiger charge is -2.25. The normalized spacial score (nSPS) is 11.4. The number of carbonyl (C=O) groups is 1. The molecule has 210 valence electrons. The van der Waals surface area contributed by atoms with Gasteiger partial charge in [0.1, 0.15) is 12.3 Å². The van der Waals surface area contributed by atoms with Gasteiger partial charge in [-0.25, -0.2) is 16.8 Å². The van der Waals surface area contributed by atoms with E-state index >= 15 is 0 Å². The van der Waals surface area contributed by atoms with Crippen LogP contribution in [0.25, 0.3) is 0 Å². The van der Waals surface area contributed by atoms with Crippen molar-refractivity contribution in [3.63, 3.8) is 0 Å². The third-order valence-corrected chi connectivity index (χ3v) is 8.63. The van der Waals surface area contributed by atoms with E-state index in [4.69, 9.17) is 14.2 Å². The van der Waals surface area contributed by atoms with Crippen LogP contribution in [0.15, 0.2) is 71.6 Å². The maximum Gasteiger partial charge on any atom is 0.264 e. The number of amides is 1. The summed E-state index contributed by atoms with van der Waals surface area (Å²) in [6, 6.07) is 16.6. The molecule has 0 bridgehead atoms. The number of anilines is 3. The minimum atomic E-state index is -4.26. The zero-order chi connectivity index (χ0) is 28.8. The van der Waals surface area contributed by atoms with Crippen LogP contribution in [0.3, 0.4) is 0 Å². The van der Waals surface area contributed by atoms with E-state index in [-0.39, 0.29) is 16.3 Å². The molecule has 0 aliphatic heterocycles. The highest BCUT2D eigenvalue weighted by Gasteiger charge is 2.28. The first kappa shape index (κ1) is 29.6. The SMILES string of the molecule is CCOc1ccc(N(CC(=O)Nc2cccc(N(C)S(C)(=O)=O)c2)S(=O)(=O)c2ccc(OC)c(OC)c2)cc1. The minimum absolute atomic E-state index is 0.112. The zero-order valence-corrected chi connectivity index (χ0v) is 23.9. The van der Waals surface area contributed by atoms with Crippen molar-refractivity contribution < 1.29 is 35.8 Å². The van der Waals surface area contributed by atoms with Crippen LogP contribution < -0.4 is 28.1 Å². The molecule has 0 aliphatic carbocycles. The molecular weight excluding hydrogens is 546 g/mol. The second kappa shape index (κ2) is 12.3. The van der Waals surface area contributed by atoms with E-state index in [1.165, 1.54) is 57.7 Å². The monoisotopic (exact) mass is 577 g/mol. The van der Waals surface area contributed by atoms with E-state index in [9.17, 15) is 21.6 Å². The molecule has 1 amide bonds. The Kier molecular flexibility index (Phi) is 9.30. The lowest BCUT2D eigenvalue weighted by atomic mass is 10.2. The highest BCUT2D eigenvalue weighted by atomic mass is 32.2. The predicted molar refractivity (Wildman–Crippen MR) is 150 cm³/mol. The number of nitrogens with one attached hydrogen (secondary N) is 1. The Balaban J connectivity index is 1.97. The van der Waals surface area contributed by atoms with E-state index in [1.807, 2.05) is 6.92 Å². The number of hydrogen-bond acceptors (Lipinski definition) is 8. The third-order valence-electron chi connectivity index (χ3n) is 5.66. The number of carbonyl (C=O) groups excluding carboxylic acids is 1. The average Bonchev–Trinajstić information content (AvgIpc) is 2.91. The fourth-order valence-electron chi connectivity index (χ4n) is 3.60. The molecule has 0 aliphatic rings. The summed E-state index contributed by atoms with van der Waals surface area (Å²) >= 11 is 0. The number of rotatable bonds is 12. The van der Waals surface area contributed by atoms with Gasteiger partial charge in [-0.2, -0.15) is 0 Å². The van der Waals surface area contributed by atoms with Crippen LogP contribution in [0.1, 0.15) is 6.92 Å². The highest BCUT2D eigenvalue weighted by Crippen LogP contribution is 2.33. The van der Waals surface area contributed by atoms with E-state index in [1.54, 1.807) is 30.3 Å². The second-order valence-corrected chi connectivity index (χ2v) is 12.2.